The lowest BCUT2D eigenvalue weighted by atomic mass is 9.99. The first-order chi connectivity index (χ1) is 15.9. The number of nitrogens with zero attached hydrogens (tertiary/aromatic N) is 3. The van der Waals surface area contributed by atoms with E-state index in [2.05, 4.69) is 13.0 Å². The van der Waals surface area contributed by atoms with E-state index in [1.165, 1.54) is 16.7 Å². The summed E-state index contributed by atoms with van der Waals surface area (Å²) in [5, 5.41) is 10.7. The van der Waals surface area contributed by atoms with Gasteiger partial charge < -0.3 is 4.90 Å². The van der Waals surface area contributed by atoms with Gasteiger partial charge in [0, 0.05) is 18.8 Å². The minimum absolute atomic E-state index is 0.00597. The number of para-hydroxylation sites is 1. The van der Waals surface area contributed by atoms with Gasteiger partial charge in [-0.25, -0.2) is 0 Å². The molecule has 0 aliphatic carbocycles. The maximum atomic E-state index is 13.5. The first kappa shape index (κ1) is 23.7. The zero-order valence-electron chi connectivity index (χ0n) is 18.1. The second-order valence-electron chi connectivity index (χ2n) is 8.30. The molecule has 2 fully saturated rings. The number of amides is 2. The fourth-order valence-corrected chi connectivity index (χ4v) is 5.75. The van der Waals surface area contributed by atoms with Crippen LogP contribution in [0.3, 0.4) is 0 Å². The highest BCUT2D eigenvalue weighted by atomic mass is 35.5. The van der Waals surface area contributed by atoms with E-state index in [4.69, 9.17) is 23.2 Å². The van der Waals surface area contributed by atoms with Gasteiger partial charge in [0.2, 0.25) is 5.91 Å². The molecule has 0 saturated carbocycles. The van der Waals surface area contributed by atoms with Gasteiger partial charge in [-0.05, 0) is 48.9 Å². The Morgan fingerprint density at radius 3 is 2.48 bits per heavy atom. The Morgan fingerprint density at radius 2 is 1.82 bits per heavy atom. The first-order valence-electron chi connectivity index (χ1n) is 10.8. The van der Waals surface area contributed by atoms with Gasteiger partial charge in [0.15, 0.2) is 0 Å². The monoisotopic (exact) mass is 499 g/mol. The highest BCUT2D eigenvalue weighted by Crippen LogP contribution is 2.43. The van der Waals surface area contributed by atoms with E-state index in [9.17, 15) is 14.9 Å². The highest BCUT2D eigenvalue weighted by molar-refractivity contribution is 8.05. The van der Waals surface area contributed by atoms with E-state index >= 15 is 0 Å². The summed E-state index contributed by atoms with van der Waals surface area (Å²) in [6.07, 6.45) is 2.15. The Morgan fingerprint density at radius 1 is 1.12 bits per heavy atom. The normalized spacial score (nSPS) is 20.7. The van der Waals surface area contributed by atoms with Crippen LogP contribution >= 0.6 is 35.0 Å². The summed E-state index contributed by atoms with van der Waals surface area (Å²) in [6.45, 7) is 3.40. The molecular weight excluding hydrogens is 477 g/mol. The lowest BCUT2D eigenvalue weighted by Gasteiger charge is -2.30. The largest absolute Gasteiger partial charge is 0.338 e. The predicted octanol–water partition coefficient (Wildman–Crippen LogP) is 5.68. The molecule has 0 spiro atoms. The molecule has 4 rings (SSSR count). The lowest BCUT2D eigenvalue weighted by molar-refractivity contribution is -0.128. The molecule has 0 radical (unpaired) electrons. The first-order valence-corrected chi connectivity index (χ1v) is 12.5. The van der Waals surface area contributed by atoms with Crippen LogP contribution in [-0.4, -0.2) is 35.1 Å². The van der Waals surface area contributed by atoms with Crippen LogP contribution in [0.4, 0.5) is 5.69 Å². The van der Waals surface area contributed by atoms with Gasteiger partial charge in [-0.3, -0.25) is 14.5 Å². The van der Waals surface area contributed by atoms with Crippen molar-refractivity contribution in [2.75, 3.05) is 18.0 Å². The van der Waals surface area contributed by atoms with Crippen molar-refractivity contribution in [1.29, 1.82) is 5.26 Å². The third-order valence-electron chi connectivity index (χ3n) is 6.01. The molecule has 33 heavy (non-hydrogen) atoms. The topological polar surface area (TPSA) is 64.4 Å². The van der Waals surface area contributed by atoms with Gasteiger partial charge >= 0.3 is 0 Å². The molecule has 170 valence electrons. The average molecular weight is 500 g/mol. The Kier molecular flexibility index (Phi) is 7.33. The quantitative estimate of drug-likeness (QED) is 0.401. The van der Waals surface area contributed by atoms with Crippen LogP contribution in [0.15, 0.2) is 59.1 Å². The minimum atomic E-state index is -0.534. The molecule has 2 amide bonds. The van der Waals surface area contributed by atoms with E-state index in [0.29, 0.717) is 46.2 Å². The third kappa shape index (κ3) is 4.91. The molecule has 2 aromatic rings. The van der Waals surface area contributed by atoms with Gasteiger partial charge in [-0.2, -0.15) is 5.26 Å². The van der Waals surface area contributed by atoms with Crippen LogP contribution in [0.2, 0.25) is 10.0 Å². The number of carbonyl (C=O) groups excluding carboxylic acids is 2. The number of anilines is 1. The summed E-state index contributed by atoms with van der Waals surface area (Å²) in [7, 11) is 0. The number of carbonyl (C=O) groups is 2. The fraction of sp³-hybridized carbons (Fsp3) is 0.320. The van der Waals surface area contributed by atoms with Crippen LogP contribution in [0.25, 0.3) is 0 Å². The van der Waals surface area contributed by atoms with Crippen LogP contribution in [0.1, 0.15) is 25.3 Å². The van der Waals surface area contributed by atoms with Gasteiger partial charge in [0.1, 0.15) is 16.7 Å². The Bertz CT molecular complexity index is 1140. The smallest absolute Gasteiger partial charge is 0.267 e. The number of benzene rings is 2. The second kappa shape index (κ2) is 10.2. The number of thioether (sulfide) groups is 1. The van der Waals surface area contributed by atoms with Gasteiger partial charge in [0.25, 0.3) is 5.91 Å². The standard InChI is InChI=1S/C25H23Cl2N3O2S/c1-16-10-12-29(13-11-16)23(31)19(15-28)25-30(18-7-3-2-4-8-18)24(32)21(33-25)14-17-6-5-9-20(26)22(17)27/h2-9,16,21H,10-14H2,1H3/b25-19-/t21-/m0/s1. The van der Waals surface area contributed by atoms with Crippen molar-refractivity contribution < 1.29 is 9.59 Å². The van der Waals surface area contributed by atoms with Crippen molar-refractivity contribution in [1.82, 2.24) is 4.90 Å². The summed E-state index contributed by atoms with van der Waals surface area (Å²) in [4.78, 5) is 30.1. The Labute approximate surface area is 207 Å². The third-order valence-corrected chi connectivity index (χ3v) is 8.14. The van der Waals surface area contributed by atoms with E-state index in [1.54, 1.807) is 29.2 Å². The molecule has 2 aromatic carbocycles. The number of nitriles is 1. The molecule has 0 bridgehead atoms. The van der Waals surface area contributed by atoms with E-state index in [1.807, 2.05) is 24.3 Å². The van der Waals surface area contributed by atoms with Crippen molar-refractivity contribution in [2.45, 2.75) is 31.4 Å². The number of hydrogen-bond acceptors (Lipinski definition) is 4. The fourth-order valence-electron chi connectivity index (χ4n) is 4.07. The van der Waals surface area contributed by atoms with E-state index in [0.717, 1.165) is 18.4 Å². The Hall–Kier alpha value is -2.46. The summed E-state index contributed by atoms with van der Waals surface area (Å²) >= 11 is 13.8. The molecule has 0 N–H and O–H groups in total. The average Bonchev–Trinajstić information content (AvgIpc) is 3.14. The van der Waals surface area contributed by atoms with Crippen LogP contribution < -0.4 is 4.90 Å². The summed E-state index contributed by atoms with van der Waals surface area (Å²) in [6, 6.07) is 16.5. The zero-order chi connectivity index (χ0) is 23.5. The van der Waals surface area contributed by atoms with Gasteiger partial charge in [-0.15, -0.1) is 0 Å². The summed E-state index contributed by atoms with van der Waals surface area (Å²) in [5.74, 6) is 0.0504. The molecule has 2 heterocycles. The molecule has 2 aliphatic rings. The molecule has 0 aromatic heterocycles. The zero-order valence-corrected chi connectivity index (χ0v) is 20.5. The number of hydrogen-bond donors (Lipinski definition) is 0. The molecule has 0 unspecified atom stereocenters. The molecule has 2 saturated heterocycles. The second-order valence-corrected chi connectivity index (χ2v) is 10.3. The van der Waals surface area contributed by atoms with Crippen LogP contribution in [0, 0.1) is 17.2 Å². The van der Waals surface area contributed by atoms with Gasteiger partial charge in [-0.1, -0.05) is 72.2 Å². The molecule has 5 nitrogen and oxygen atoms in total. The lowest BCUT2D eigenvalue weighted by Crippen LogP contribution is -2.39. The molecule has 2 aliphatic heterocycles. The summed E-state index contributed by atoms with van der Waals surface area (Å²) < 4.78 is 0. The highest BCUT2D eigenvalue weighted by Gasteiger charge is 2.41. The maximum Gasteiger partial charge on any atom is 0.267 e. The van der Waals surface area contributed by atoms with E-state index in [-0.39, 0.29) is 17.4 Å². The van der Waals surface area contributed by atoms with Crippen molar-refractivity contribution in [2.24, 2.45) is 5.92 Å². The number of rotatable bonds is 4. The van der Waals surface area contributed by atoms with Crippen molar-refractivity contribution in [3.8, 4) is 6.07 Å². The SMILES string of the molecule is CC1CCN(C(=O)/C(C#N)=C2\S[C@@H](Cc3cccc(Cl)c3Cl)C(=O)N2c2ccccc2)CC1. The molecular formula is C25H23Cl2N3O2S. The van der Waals surface area contributed by atoms with Crippen LogP contribution in [-0.2, 0) is 16.0 Å². The minimum Gasteiger partial charge on any atom is -0.338 e. The van der Waals surface area contributed by atoms with Gasteiger partial charge in [0.05, 0.1) is 15.3 Å². The maximum absolute atomic E-state index is 13.5. The summed E-state index contributed by atoms with van der Waals surface area (Å²) in [5.41, 5.74) is 1.38. The van der Waals surface area contributed by atoms with Crippen molar-refractivity contribution in [3.63, 3.8) is 0 Å². The molecule has 1 atom stereocenters. The number of likely N-dealkylation sites (tertiary alicyclic amines) is 1. The number of piperidine rings is 1. The Balaban J connectivity index is 1.72. The van der Waals surface area contributed by atoms with Crippen LogP contribution in [0.5, 0.6) is 0 Å². The predicted molar refractivity (Wildman–Crippen MR) is 133 cm³/mol. The van der Waals surface area contributed by atoms with E-state index < -0.39 is 5.25 Å². The number of halogens is 2. The van der Waals surface area contributed by atoms with Crippen molar-refractivity contribution >= 4 is 52.5 Å². The molecule has 8 heteroatoms. The van der Waals surface area contributed by atoms with Crippen molar-refractivity contribution in [3.05, 3.63) is 74.7 Å².